The summed E-state index contributed by atoms with van der Waals surface area (Å²) in [6.45, 7) is 3.85. The normalized spacial score (nSPS) is 11.0. The first-order valence-corrected chi connectivity index (χ1v) is 10.9. The second kappa shape index (κ2) is 9.00. The van der Waals surface area contributed by atoms with Gasteiger partial charge in [0.05, 0.1) is 10.6 Å². The van der Waals surface area contributed by atoms with Gasteiger partial charge in [0.1, 0.15) is 5.75 Å². The minimum Gasteiger partial charge on any atom is -0.484 e. The smallest absolute Gasteiger partial charge is 0.264 e. The van der Waals surface area contributed by atoms with Crippen LogP contribution in [0.15, 0.2) is 77.7 Å². The van der Waals surface area contributed by atoms with E-state index in [1.807, 2.05) is 38.1 Å². The number of rotatable bonds is 7. The van der Waals surface area contributed by atoms with Gasteiger partial charge in [-0.3, -0.25) is 9.10 Å². The van der Waals surface area contributed by atoms with Crippen molar-refractivity contribution in [1.82, 2.24) is 0 Å². The maximum absolute atomic E-state index is 12.8. The zero-order valence-corrected chi connectivity index (χ0v) is 17.9. The summed E-state index contributed by atoms with van der Waals surface area (Å²) in [5, 5.41) is 2.71. The van der Waals surface area contributed by atoms with Crippen LogP contribution in [0.1, 0.15) is 11.1 Å². The molecule has 0 bridgehead atoms. The van der Waals surface area contributed by atoms with Crippen LogP contribution in [0.4, 0.5) is 11.4 Å². The van der Waals surface area contributed by atoms with Gasteiger partial charge in [-0.1, -0.05) is 24.3 Å². The molecular weight excluding hydrogens is 400 g/mol. The van der Waals surface area contributed by atoms with E-state index in [-0.39, 0.29) is 17.4 Å². The van der Waals surface area contributed by atoms with Gasteiger partial charge in [-0.25, -0.2) is 8.42 Å². The number of carbonyl (C=O) groups excluding carboxylic acids is 1. The lowest BCUT2D eigenvalue weighted by atomic mass is 10.1. The summed E-state index contributed by atoms with van der Waals surface area (Å²) in [7, 11) is -2.19. The lowest BCUT2D eigenvalue weighted by Gasteiger charge is -2.19. The molecule has 0 atom stereocenters. The number of aryl methyl sites for hydroxylation is 2. The van der Waals surface area contributed by atoms with E-state index in [4.69, 9.17) is 4.74 Å². The van der Waals surface area contributed by atoms with Crippen LogP contribution in [-0.4, -0.2) is 28.0 Å². The van der Waals surface area contributed by atoms with Crippen LogP contribution in [0, 0.1) is 13.8 Å². The van der Waals surface area contributed by atoms with E-state index in [2.05, 4.69) is 5.32 Å². The number of amides is 1. The summed E-state index contributed by atoms with van der Waals surface area (Å²) in [5.41, 5.74) is 3.30. The third kappa shape index (κ3) is 4.99. The van der Waals surface area contributed by atoms with E-state index in [9.17, 15) is 13.2 Å². The first-order chi connectivity index (χ1) is 14.3. The monoisotopic (exact) mass is 424 g/mol. The number of benzene rings is 3. The molecule has 0 unspecified atom stereocenters. The average Bonchev–Trinajstić information content (AvgIpc) is 2.75. The van der Waals surface area contributed by atoms with Crippen molar-refractivity contribution < 1.29 is 17.9 Å². The van der Waals surface area contributed by atoms with E-state index < -0.39 is 10.0 Å². The molecule has 0 aliphatic rings. The summed E-state index contributed by atoms with van der Waals surface area (Å²) < 4.78 is 32.3. The molecule has 1 N–H and O–H groups in total. The van der Waals surface area contributed by atoms with Gasteiger partial charge < -0.3 is 10.1 Å². The molecule has 0 aliphatic carbocycles. The Morgan fingerprint density at radius 2 is 1.60 bits per heavy atom. The molecule has 3 aromatic rings. The maximum Gasteiger partial charge on any atom is 0.264 e. The zero-order chi connectivity index (χ0) is 21.7. The summed E-state index contributed by atoms with van der Waals surface area (Å²) >= 11 is 0. The summed E-state index contributed by atoms with van der Waals surface area (Å²) in [6, 6.07) is 20.5. The van der Waals surface area contributed by atoms with Gasteiger partial charge in [0, 0.05) is 12.7 Å². The number of nitrogens with one attached hydrogen (secondary N) is 1. The van der Waals surface area contributed by atoms with Crippen molar-refractivity contribution in [3.8, 4) is 5.75 Å². The molecule has 6 nitrogen and oxygen atoms in total. The Balaban J connectivity index is 1.62. The summed E-state index contributed by atoms with van der Waals surface area (Å²) in [4.78, 5) is 12.3. The van der Waals surface area contributed by atoms with Gasteiger partial charge in [0.25, 0.3) is 15.9 Å². The highest BCUT2D eigenvalue weighted by atomic mass is 32.2. The van der Waals surface area contributed by atoms with E-state index in [1.165, 1.54) is 23.5 Å². The molecule has 156 valence electrons. The van der Waals surface area contributed by atoms with Crippen LogP contribution in [0.25, 0.3) is 0 Å². The molecular formula is C23H24N2O4S. The number of hydrogen-bond acceptors (Lipinski definition) is 4. The second-order valence-electron chi connectivity index (χ2n) is 6.92. The first kappa shape index (κ1) is 21.4. The Morgan fingerprint density at radius 3 is 2.23 bits per heavy atom. The van der Waals surface area contributed by atoms with Crippen LogP contribution in [0.5, 0.6) is 5.75 Å². The van der Waals surface area contributed by atoms with Crippen LogP contribution >= 0.6 is 0 Å². The largest absolute Gasteiger partial charge is 0.484 e. The highest BCUT2D eigenvalue weighted by Crippen LogP contribution is 2.23. The number of ether oxygens (including phenoxy) is 1. The number of sulfonamides is 1. The Hall–Kier alpha value is -3.32. The molecule has 0 heterocycles. The minimum absolute atomic E-state index is 0.137. The Morgan fingerprint density at radius 1 is 0.933 bits per heavy atom. The highest BCUT2D eigenvalue weighted by molar-refractivity contribution is 7.92. The van der Waals surface area contributed by atoms with E-state index in [1.54, 1.807) is 36.4 Å². The van der Waals surface area contributed by atoms with Gasteiger partial charge >= 0.3 is 0 Å². The molecule has 30 heavy (non-hydrogen) atoms. The molecule has 0 aromatic heterocycles. The molecule has 0 saturated carbocycles. The van der Waals surface area contributed by atoms with Crippen molar-refractivity contribution in [2.75, 3.05) is 23.3 Å². The molecule has 3 aromatic carbocycles. The van der Waals surface area contributed by atoms with Gasteiger partial charge in [-0.2, -0.15) is 0 Å². The molecule has 0 saturated heterocycles. The number of anilines is 2. The van der Waals surface area contributed by atoms with Crippen LogP contribution in [-0.2, 0) is 14.8 Å². The highest BCUT2D eigenvalue weighted by Gasteiger charge is 2.21. The molecule has 0 fully saturated rings. The molecule has 3 rings (SSSR count). The topological polar surface area (TPSA) is 75.7 Å². The maximum atomic E-state index is 12.8. The van der Waals surface area contributed by atoms with Crippen molar-refractivity contribution in [2.24, 2.45) is 0 Å². The first-order valence-electron chi connectivity index (χ1n) is 9.41. The fourth-order valence-electron chi connectivity index (χ4n) is 2.79. The summed E-state index contributed by atoms with van der Waals surface area (Å²) in [5.74, 6) is 0.295. The number of carbonyl (C=O) groups is 1. The minimum atomic E-state index is -3.70. The van der Waals surface area contributed by atoms with Gasteiger partial charge in [-0.15, -0.1) is 0 Å². The second-order valence-corrected chi connectivity index (χ2v) is 8.88. The SMILES string of the molecule is Cc1ccc(OCC(=O)Nc2ccc(S(=O)(=O)N(C)c3ccccc3)cc2)cc1C. The zero-order valence-electron chi connectivity index (χ0n) is 17.1. The van der Waals surface area contributed by atoms with Crippen molar-refractivity contribution >= 4 is 27.3 Å². The fourth-order valence-corrected chi connectivity index (χ4v) is 3.99. The number of nitrogens with zero attached hydrogens (tertiary/aromatic N) is 1. The van der Waals surface area contributed by atoms with Gasteiger partial charge in [0.2, 0.25) is 0 Å². The van der Waals surface area contributed by atoms with Gasteiger partial charge in [0.15, 0.2) is 6.61 Å². The Labute approximate surface area is 177 Å². The third-order valence-corrected chi connectivity index (χ3v) is 6.56. The standard InChI is InChI=1S/C23H24N2O4S/c1-17-9-12-21(15-18(17)2)29-16-23(26)24-19-10-13-22(14-11-19)30(27,28)25(3)20-7-5-4-6-8-20/h4-15H,16H2,1-3H3,(H,24,26). The number of para-hydroxylation sites is 1. The van der Waals surface area contributed by atoms with Crippen LogP contribution in [0.3, 0.4) is 0 Å². The van der Waals surface area contributed by atoms with Crippen LogP contribution < -0.4 is 14.4 Å². The summed E-state index contributed by atoms with van der Waals surface area (Å²) in [6.07, 6.45) is 0. The Bertz CT molecular complexity index is 1130. The lowest BCUT2D eigenvalue weighted by Crippen LogP contribution is -2.26. The van der Waals surface area contributed by atoms with E-state index >= 15 is 0 Å². The molecule has 1 amide bonds. The molecule has 7 heteroatoms. The number of hydrogen-bond donors (Lipinski definition) is 1. The van der Waals surface area contributed by atoms with Crippen molar-refractivity contribution in [3.63, 3.8) is 0 Å². The van der Waals surface area contributed by atoms with Crippen LogP contribution in [0.2, 0.25) is 0 Å². The fraction of sp³-hybridized carbons (Fsp3) is 0.174. The van der Waals surface area contributed by atoms with Gasteiger partial charge in [-0.05, 0) is 73.5 Å². The van der Waals surface area contributed by atoms with Crippen molar-refractivity contribution in [3.05, 3.63) is 83.9 Å². The predicted molar refractivity (Wildman–Crippen MR) is 119 cm³/mol. The third-order valence-electron chi connectivity index (χ3n) is 4.76. The molecule has 0 aliphatic heterocycles. The Kier molecular flexibility index (Phi) is 6.42. The quantitative estimate of drug-likeness (QED) is 0.618. The molecule has 0 radical (unpaired) electrons. The van der Waals surface area contributed by atoms with E-state index in [0.717, 1.165) is 11.1 Å². The van der Waals surface area contributed by atoms with Crippen molar-refractivity contribution in [1.29, 1.82) is 0 Å². The predicted octanol–water partition coefficient (Wildman–Crippen LogP) is 4.15. The van der Waals surface area contributed by atoms with E-state index in [0.29, 0.717) is 17.1 Å². The lowest BCUT2D eigenvalue weighted by molar-refractivity contribution is -0.118. The average molecular weight is 425 g/mol. The van der Waals surface area contributed by atoms with Crippen molar-refractivity contribution in [2.45, 2.75) is 18.7 Å². The molecule has 0 spiro atoms.